The second-order valence-electron chi connectivity index (χ2n) is 7.15. The number of nitrogens with zero attached hydrogens (tertiary/aromatic N) is 4. The number of hydrogen-bond donors (Lipinski definition) is 2. The van der Waals surface area contributed by atoms with E-state index in [1.54, 1.807) is 11.6 Å². The fraction of sp³-hybridized carbons (Fsp3) is 0.400. The molecule has 4 rings (SSSR count). The van der Waals surface area contributed by atoms with Crippen LogP contribution in [0.5, 0.6) is 0 Å². The minimum absolute atomic E-state index is 0.0518. The second kappa shape index (κ2) is 9.86. The third-order valence-corrected chi connectivity index (χ3v) is 7.37. The Bertz CT molecular complexity index is 1190. The number of carbonyl (C=O) groups is 1. The highest BCUT2D eigenvalue weighted by molar-refractivity contribution is 7.89. The zero-order valence-electron chi connectivity index (χ0n) is 17.6. The maximum absolute atomic E-state index is 12.9. The van der Waals surface area contributed by atoms with Crippen molar-refractivity contribution in [3.05, 3.63) is 35.3 Å². The zero-order valence-corrected chi connectivity index (χ0v) is 19.2. The molecular formula is C20H24N6O4S2. The molecular weight excluding hydrogens is 452 g/mol. The van der Waals surface area contributed by atoms with Crippen molar-refractivity contribution < 1.29 is 17.9 Å². The Morgan fingerprint density at radius 2 is 2.06 bits per heavy atom. The highest BCUT2D eigenvalue weighted by Gasteiger charge is 2.24. The molecule has 10 nitrogen and oxygen atoms in total. The van der Waals surface area contributed by atoms with Gasteiger partial charge in [-0.05, 0) is 25.6 Å². The van der Waals surface area contributed by atoms with Gasteiger partial charge < -0.3 is 15.0 Å². The maximum Gasteiger partial charge on any atom is 0.252 e. The number of thiophene rings is 1. The standard InChI is InChI=1S/C20H24N6O4S2/c1-21-32(28,29)12-4-7-23-19(27)14-13-31-20-16(14)18(26-8-10-30-11-9-26)24-17(25-20)15-5-2-3-6-22-15/h2-3,5-6,13,21H,4,7-12H2,1H3,(H,23,27). The summed E-state index contributed by atoms with van der Waals surface area (Å²) in [5.41, 5.74) is 1.14. The molecule has 12 heteroatoms. The molecule has 1 fully saturated rings. The first-order valence-corrected chi connectivity index (χ1v) is 12.7. The van der Waals surface area contributed by atoms with Crippen LogP contribution >= 0.6 is 11.3 Å². The molecule has 1 aliphatic heterocycles. The van der Waals surface area contributed by atoms with E-state index in [1.807, 2.05) is 18.2 Å². The first-order valence-electron chi connectivity index (χ1n) is 10.2. The van der Waals surface area contributed by atoms with E-state index in [1.165, 1.54) is 18.4 Å². The van der Waals surface area contributed by atoms with Gasteiger partial charge in [0.05, 0.1) is 29.9 Å². The Kier molecular flexibility index (Phi) is 6.94. The van der Waals surface area contributed by atoms with Crippen LogP contribution in [-0.4, -0.2) is 74.9 Å². The predicted molar refractivity (Wildman–Crippen MR) is 123 cm³/mol. The molecule has 1 aliphatic rings. The van der Waals surface area contributed by atoms with Crippen LogP contribution in [0.4, 0.5) is 5.82 Å². The molecule has 0 radical (unpaired) electrons. The monoisotopic (exact) mass is 476 g/mol. The highest BCUT2D eigenvalue weighted by Crippen LogP contribution is 2.34. The summed E-state index contributed by atoms with van der Waals surface area (Å²) in [4.78, 5) is 29.5. The van der Waals surface area contributed by atoms with E-state index in [2.05, 4.69) is 24.9 Å². The van der Waals surface area contributed by atoms with Crippen LogP contribution in [0.25, 0.3) is 21.7 Å². The summed E-state index contributed by atoms with van der Waals surface area (Å²) in [5, 5.41) is 5.28. The van der Waals surface area contributed by atoms with E-state index in [-0.39, 0.29) is 18.2 Å². The summed E-state index contributed by atoms with van der Waals surface area (Å²) in [7, 11) is -1.93. The number of sulfonamides is 1. The molecule has 0 unspecified atom stereocenters. The van der Waals surface area contributed by atoms with Crippen LogP contribution < -0.4 is 14.9 Å². The topological polar surface area (TPSA) is 126 Å². The van der Waals surface area contributed by atoms with Crippen LogP contribution in [0.3, 0.4) is 0 Å². The molecule has 2 N–H and O–H groups in total. The predicted octanol–water partition coefficient (Wildman–Crippen LogP) is 1.26. The lowest BCUT2D eigenvalue weighted by atomic mass is 10.2. The number of aromatic nitrogens is 3. The molecule has 170 valence electrons. The Labute approximate surface area is 190 Å². The highest BCUT2D eigenvalue weighted by atomic mass is 32.2. The van der Waals surface area contributed by atoms with Gasteiger partial charge in [0.1, 0.15) is 16.3 Å². The third kappa shape index (κ3) is 5.04. The number of fused-ring (bicyclic) bond motifs is 1. The van der Waals surface area contributed by atoms with Gasteiger partial charge in [-0.2, -0.15) is 0 Å². The van der Waals surface area contributed by atoms with Crippen molar-refractivity contribution in [2.75, 3.05) is 50.5 Å². The second-order valence-corrected chi connectivity index (χ2v) is 10.1. The van der Waals surface area contributed by atoms with Crippen molar-refractivity contribution in [3.8, 4) is 11.5 Å². The van der Waals surface area contributed by atoms with Gasteiger partial charge in [0, 0.05) is 31.2 Å². The summed E-state index contributed by atoms with van der Waals surface area (Å²) in [6.07, 6.45) is 2.01. The number of anilines is 1. The van der Waals surface area contributed by atoms with Crippen molar-refractivity contribution in [3.63, 3.8) is 0 Å². The minimum Gasteiger partial charge on any atom is -0.378 e. The molecule has 3 aromatic heterocycles. The van der Waals surface area contributed by atoms with Crippen LogP contribution in [0.1, 0.15) is 16.8 Å². The van der Waals surface area contributed by atoms with Crippen molar-refractivity contribution in [1.29, 1.82) is 0 Å². The summed E-state index contributed by atoms with van der Waals surface area (Å²) in [6.45, 7) is 2.72. The Balaban J connectivity index is 1.64. The van der Waals surface area contributed by atoms with Gasteiger partial charge in [-0.1, -0.05) is 6.07 Å². The number of morpholine rings is 1. The lowest BCUT2D eigenvalue weighted by Gasteiger charge is -2.28. The quantitative estimate of drug-likeness (QED) is 0.465. The van der Waals surface area contributed by atoms with Crippen LogP contribution in [-0.2, 0) is 14.8 Å². The SMILES string of the molecule is CNS(=O)(=O)CCCNC(=O)c1csc2nc(-c3ccccn3)nc(N3CCOCC3)c12. The van der Waals surface area contributed by atoms with E-state index >= 15 is 0 Å². The van der Waals surface area contributed by atoms with Crippen molar-refractivity contribution in [2.45, 2.75) is 6.42 Å². The van der Waals surface area contributed by atoms with E-state index in [9.17, 15) is 13.2 Å². The number of hydrogen-bond acceptors (Lipinski definition) is 9. The molecule has 0 saturated carbocycles. The largest absolute Gasteiger partial charge is 0.378 e. The number of carbonyl (C=O) groups excluding carboxylic acids is 1. The average molecular weight is 477 g/mol. The van der Waals surface area contributed by atoms with E-state index < -0.39 is 10.0 Å². The summed E-state index contributed by atoms with van der Waals surface area (Å²) >= 11 is 1.37. The zero-order chi connectivity index (χ0) is 22.6. The Morgan fingerprint density at radius 1 is 1.25 bits per heavy atom. The molecule has 0 spiro atoms. The van der Waals surface area contributed by atoms with Gasteiger partial charge in [-0.15, -0.1) is 11.3 Å². The molecule has 0 aliphatic carbocycles. The normalized spacial score (nSPS) is 14.6. The van der Waals surface area contributed by atoms with E-state index in [0.717, 1.165) is 0 Å². The van der Waals surface area contributed by atoms with Gasteiger partial charge in [0.15, 0.2) is 5.82 Å². The lowest BCUT2D eigenvalue weighted by Crippen LogP contribution is -2.37. The van der Waals surface area contributed by atoms with Crippen LogP contribution in [0.15, 0.2) is 29.8 Å². The number of amides is 1. The molecule has 1 saturated heterocycles. The molecule has 3 aromatic rings. The number of nitrogens with one attached hydrogen (secondary N) is 2. The van der Waals surface area contributed by atoms with Crippen LogP contribution in [0, 0.1) is 0 Å². The molecule has 0 aromatic carbocycles. The fourth-order valence-electron chi connectivity index (χ4n) is 3.37. The maximum atomic E-state index is 12.9. The molecule has 32 heavy (non-hydrogen) atoms. The van der Waals surface area contributed by atoms with E-state index in [4.69, 9.17) is 9.72 Å². The van der Waals surface area contributed by atoms with E-state index in [0.29, 0.717) is 65.8 Å². The summed E-state index contributed by atoms with van der Waals surface area (Å²) in [6, 6.07) is 5.57. The first-order chi connectivity index (χ1) is 15.5. The number of rotatable bonds is 8. The smallest absolute Gasteiger partial charge is 0.252 e. The first kappa shape index (κ1) is 22.5. The van der Waals surface area contributed by atoms with Crippen molar-refractivity contribution >= 4 is 43.3 Å². The average Bonchev–Trinajstić information content (AvgIpc) is 3.26. The molecule has 0 atom stereocenters. The minimum atomic E-state index is -3.30. The van der Waals surface area contributed by atoms with Crippen molar-refractivity contribution in [2.24, 2.45) is 0 Å². The third-order valence-electron chi connectivity index (χ3n) is 5.05. The van der Waals surface area contributed by atoms with Gasteiger partial charge in [0.25, 0.3) is 5.91 Å². The molecule has 0 bridgehead atoms. The fourth-order valence-corrected chi connectivity index (χ4v) is 5.01. The summed E-state index contributed by atoms with van der Waals surface area (Å²) in [5.74, 6) is 0.861. The van der Waals surface area contributed by atoms with Gasteiger partial charge in [-0.3, -0.25) is 9.78 Å². The van der Waals surface area contributed by atoms with Gasteiger partial charge in [-0.25, -0.2) is 23.1 Å². The Hall–Kier alpha value is -2.67. The van der Waals surface area contributed by atoms with Gasteiger partial charge >= 0.3 is 0 Å². The van der Waals surface area contributed by atoms with Crippen LogP contribution in [0.2, 0.25) is 0 Å². The number of pyridine rings is 1. The molecule has 4 heterocycles. The summed E-state index contributed by atoms with van der Waals surface area (Å²) < 4.78 is 30.9. The molecule has 1 amide bonds. The Morgan fingerprint density at radius 3 is 2.78 bits per heavy atom. The number of ether oxygens (including phenoxy) is 1. The van der Waals surface area contributed by atoms with Gasteiger partial charge in [0.2, 0.25) is 10.0 Å². The van der Waals surface area contributed by atoms with Crippen molar-refractivity contribution in [1.82, 2.24) is 25.0 Å². The lowest BCUT2D eigenvalue weighted by molar-refractivity contribution is 0.0955.